The number of thiol groups is 1. The minimum Gasteiger partial charge on any atom is -0.377 e. The number of nitrogens with zero attached hydrogens (tertiary/aromatic N) is 2. The number of hydrogen-bond acceptors (Lipinski definition) is 4. The fourth-order valence-corrected chi connectivity index (χ4v) is 4.61. The largest absolute Gasteiger partial charge is 0.377 e. The van der Waals surface area contributed by atoms with Crippen molar-refractivity contribution in [3.8, 4) is 0 Å². The van der Waals surface area contributed by atoms with Gasteiger partial charge in [0.05, 0.1) is 4.90 Å². The van der Waals surface area contributed by atoms with E-state index in [-0.39, 0.29) is 0 Å². The number of anilines is 1. The zero-order chi connectivity index (χ0) is 16.3. The van der Waals surface area contributed by atoms with Crippen LogP contribution in [0.4, 0.5) is 5.69 Å². The Labute approximate surface area is 138 Å². The van der Waals surface area contributed by atoms with Crippen LogP contribution in [0.15, 0.2) is 41.3 Å². The maximum atomic E-state index is 12.9. The summed E-state index contributed by atoms with van der Waals surface area (Å²) >= 11 is 4.16. The molecule has 0 unspecified atom stereocenters. The van der Waals surface area contributed by atoms with Crippen molar-refractivity contribution in [3.05, 3.63) is 36.4 Å². The Morgan fingerprint density at radius 1 is 1.05 bits per heavy atom. The van der Waals surface area contributed by atoms with Crippen LogP contribution in [0.3, 0.4) is 0 Å². The van der Waals surface area contributed by atoms with Gasteiger partial charge in [0, 0.05) is 49.4 Å². The van der Waals surface area contributed by atoms with Gasteiger partial charge in [-0.2, -0.15) is 16.9 Å². The number of sulfonamides is 1. The summed E-state index contributed by atoms with van der Waals surface area (Å²) in [6.07, 6.45) is 0. The minimum absolute atomic E-state index is 0.359. The average Bonchev–Trinajstić information content (AvgIpc) is 2.50. The highest BCUT2D eigenvalue weighted by Gasteiger charge is 2.24. The van der Waals surface area contributed by atoms with Crippen LogP contribution in [0.5, 0.6) is 0 Å². The van der Waals surface area contributed by atoms with Crippen LogP contribution in [0, 0.1) is 0 Å². The second-order valence-corrected chi connectivity index (χ2v) is 7.60. The number of hydrogen-bond donors (Lipinski definition) is 1. The van der Waals surface area contributed by atoms with E-state index in [1.54, 1.807) is 12.1 Å². The summed E-state index contributed by atoms with van der Waals surface area (Å²) in [7, 11) is 0.391. The molecule has 22 heavy (non-hydrogen) atoms. The van der Waals surface area contributed by atoms with Gasteiger partial charge in [-0.15, -0.1) is 0 Å². The minimum atomic E-state index is -3.52. The lowest BCUT2D eigenvalue weighted by molar-refractivity contribution is 0.448. The molecule has 0 heterocycles. The molecule has 2 rings (SSSR count). The molecule has 0 aliphatic heterocycles. The lowest BCUT2D eigenvalue weighted by Gasteiger charge is -2.22. The quantitative estimate of drug-likeness (QED) is 0.824. The summed E-state index contributed by atoms with van der Waals surface area (Å²) in [6.45, 7) is 2.69. The van der Waals surface area contributed by atoms with E-state index in [9.17, 15) is 8.42 Å². The predicted octanol–water partition coefficient (Wildman–Crippen LogP) is 2.85. The van der Waals surface area contributed by atoms with Crippen LogP contribution in [0.2, 0.25) is 0 Å². The monoisotopic (exact) mass is 338 g/mol. The molecule has 0 bridgehead atoms. The second kappa shape index (κ2) is 6.89. The van der Waals surface area contributed by atoms with Crippen LogP contribution >= 0.6 is 12.6 Å². The van der Waals surface area contributed by atoms with Crippen LogP contribution in [0.25, 0.3) is 10.8 Å². The van der Waals surface area contributed by atoms with Crippen molar-refractivity contribution in [2.75, 3.05) is 37.8 Å². The highest BCUT2D eigenvalue weighted by Crippen LogP contribution is 2.31. The molecule has 2 aromatic rings. The summed E-state index contributed by atoms with van der Waals surface area (Å²) in [5.41, 5.74) is 1.01. The normalized spacial score (nSPS) is 12.0. The third-order valence-electron chi connectivity index (χ3n) is 3.66. The van der Waals surface area contributed by atoms with Crippen molar-refractivity contribution < 1.29 is 8.42 Å². The molecule has 0 aromatic heterocycles. The molecule has 4 nitrogen and oxygen atoms in total. The van der Waals surface area contributed by atoms with Gasteiger partial charge in [0.1, 0.15) is 0 Å². The Morgan fingerprint density at radius 3 is 2.27 bits per heavy atom. The fourth-order valence-electron chi connectivity index (χ4n) is 2.58. The first-order valence-corrected chi connectivity index (χ1v) is 9.30. The van der Waals surface area contributed by atoms with E-state index in [1.165, 1.54) is 4.31 Å². The van der Waals surface area contributed by atoms with Crippen molar-refractivity contribution in [2.45, 2.75) is 11.8 Å². The molecule has 120 valence electrons. The molecule has 2 aromatic carbocycles. The van der Waals surface area contributed by atoms with E-state index >= 15 is 0 Å². The van der Waals surface area contributed by atoms with Gasteiger partial charge >= 0.3 is 0 Å². The summed E-state index contributed by atoms with van der Waals surface area (Å²) in [5.74, 6) is 0.501. The summed E-state index contributed by atoms with van der Waals surface area (Å²) in [5, 5.41) is 1.70. The lowest BCUT2D eigenvalue weighted by Crippen LogP contribution is -2.32. The molecule has 0 saturated heterocycles. The second-order valence-electron chi connectivity index (χ2n) is 5.24. The van der Waals surface area contributed by atoms with Crippen molar-refractivity contribution in [1.82, 2.24) is 4.31 Å². The first-order valence-electron chi connectivity index (χ1n) is 7.23. The average molecular weight is 338 g/mol. The van der Waals surface area contributed by atoms with Crippen molar-refractivity contribution in [1.29, 1.82) is 0 Å². The SMILES string of the molecule is CCN(CCS)S(=O)(=O)c1cccc2c(N(C)C)cccc12. The van der Waals surface area contributed by atoms with Crippen molar-refractivity contribution in [3.63, 3.8) is 0 Å². The van der Waals surface area contributed by atoms with Gasteiger partial charge in [0.2, 0.25) is 10.0 Å². The lowest BCUT2D eigenvalue weighted by atomic mass is 10.1. The van der Waals surface area contributed by atoms with Crippen molar-refractivity contribution in [2.24, 2.45) is 0 Å². The molecular weight excluding hydrogens is 316 g/mol. The summed E-state index contributed by atoms with van der Waals surface area (Å²) in [4.78, 5) is 2.35. The maximum absolute atomic E-state index is 12.9. The van der Waals surface area contributed by atoms with Gasteiger partial charge in [0.15, 0.2) is 0 Å². The highest BCUT2D eigenvalue weighted by molar-refractivity contribution is 7.89. The van der Waals surface area contributed by atoms with Gasteiger partial charge < -0.3 is 4.90 Å². The van der Waals surface area contributed by atoms with E-state index in [2.05, 4.69) is 12.6 Å². The van der Waals surface area contributed by atoms with Crippen LogP contribution in [-0.2, 0) is 10.0 Å². The zero-order valence-electron chi connectivity index (χ0n) is 13.2. The summed E-state index contributed by atoms with van der Waals surface area (Å²) in [6, 6.07) is 11.2. The van der Waals surface area contributed by atoms with Gasteiger partial charge in [-0.1, -0.05) is 31.2 Å². The molecule has 0 aliphatic rings. The first-order chi connectivity index (χ1) is 10.4. The van der Waals surface area contributed by atoms with E-state index in [1.807, 2.05) is 50.2 Å². The number of fused-ring (bicyclic) bond motifs is 1. The Kier molecular flexibility index (Phi) is 5.36. The smallest absolute Gasteiger partial charge is 0.243 e. The van der Waals surface area contributed by atoms with E-state index in [4.69, 9.17) is 0 Å². The fraction of sp³-hybridized carbons (Fsp3) is 0.375. The molecule has 0 N–H and O–H groups in total. The maximum Gasteiger partial charge on any atom is 0.243 e. The van der Waals surface area contributed by atoms with Gasteiger partial charge in [-0.05, 0) is 12.1 Å². The number of benzene rings is 2. The third kappa shape index (κ3) is 3.09. The van der Waals surface area contributed by atoms with E-state index in [0.29, 0.717) is 23.7 Å². The molecule has 0 atom stereocenters. The molecule has 0 spiro atoms. The Morgan fingerprint density at radius 2 is 1.68 bits per heavy atom. The molecular formula is C16H22N2O2S2. The molecule has 6 heteroatoms. The highest BCUT2D eigenvalue weighted by atomic mass is 32.2. The van der Waals surface area contributed by atoms with E-state index < -0.39 is 10.0 Å². The third-order valence-corrected chi connectivity index (χ3v) is 5.89. The Bertz CT molecular complexity index is 758. The van der Waals surface area contributed by atoms with E-state index in [0.717, 1.165) is 16.5 Å². The molecule has 0 aliphatic carbocycles. The molecule has 0 radical (unpaired) electrons. The van der Waals surface area contributed by atoms with Crippen LogP contribution in [0.1, 0.15) is 6.92 Å². The molecule has 0 saturated carbocycles. The number of rotatable bonds is 6. The summed E-state index contributed by atoms with van der Waals surface area (Å²) < 4.78 is 27.3. The molecule has 0 fully saturated rings. The van der Waals surface area contributed by atoms with Crippen molar-refractivity contribution >= 4 is 39.1 Å². The predicted molar refractivity (Wildman–Crippen MR) is 96.6 cm³/mol. The Hall–Kier alpha value is -1.24. The molecule has 0 amide bonds. The standard InChI is InChI=1S/C16H22N2O2S2/c1-4-18(11-12-21)22(19,20)16-10-6-7-13-14(16)8-5-9-15(13)17(2)3/h5-10,21H,4,11-12H2,1-3H3. The Balaban J connectivity index is 2.69. The van der Waals surface area contributed by atoms with Crippen LogP contribution in [-0.4, -0.2) is 45.7 Å². The topological polar surface area (TPSA) is 40.6 Å². The van der Waals surface area contributed by atoms with Crippen LogP contribution < -0.4 is 4.90 Å². The van der Waals surface area contributed by atoms with Gasteiger partial charge in [-0.3, -0.25) is 0 Å². The van der Waals surface area contributed by atoms with Gasteiger partial charge in [-0.25, -0.2) is 8.42 Å². The van der Waals surface area contributed by atoms with Gasteiger partial charge in [0.25, 0.3) is 0 Å². The zero-order valence-corrected chi connectivity index (χ0v) is 14.9. The first kappa shape index (κ1) is 17.1.